The highest BCUT2D eigenvalue weighted by Gasteiger charge is 2.04. The predicted octanol–water partition coefficient (Wildman–Crippen LogP) is 1.74. The zero-order valence-corrected chi connectivity index (χ0v) is 9.64. The van der Waals surface area contributed by atoms with Crippen molar-refractivity contribution in [2.45, 2.75) is 6.42 Å². The predicted molar refractivity (Wildman–Crippen MR) is 64.5 cm³/mol. The minimum atomic E-state index is 0.110. The van der Waals surface area contributed by atoms with Crippen LogP contribution < -0.4 is 10.5 Å². The maximum Gasteiger partial charge on any atom is 0.120 e. The van der Waals surface area contributed by atoms with Gasteiger partial charge in [0.1, 0.15) is 10.7 Å². The Hall–Kier alpha value is -0.840. The van der Waals surface area contributed by atoms with E-state index in [9.17, 15) is 0 Å². The number of hydrogen-bond donors (Lipinski definition) is 2. The fourth-order valence-corrected chi connectivity index (χ4v) is 1.55. The number of ether oxygens (including phenoxy) is 1. The van der Waals surface area contributed by atoms with Crippen molar-refractivity contribution in [3.05, 3.63) is 28.8 Å². The molecule has 0 aromatic heterocycles. The molecule has 0 atom stereocenters. The first-order valence-electron chi connectivity index (χ1n) is 4.48. The Labute approximate surface area is 98.8 Å². The van der Waals surface area contributed by atoms with Gasteiger partial charge in [-0.2, -0.15) is 0 Å². The number of hydrogen-bond acceptors (Lipinski definition) is 3. The van der Waals surface area contributed by atoms with E-state index in [2.05, 4.69) is 0 Å². The first-order valence-corrected chi connectivity index (χ1v) is 5.27. The largest absolute Gasteiger partial charge is 0.493 e. The highest BCUT2D eigenvalue weighted by molar-refractivity contribution is 7.80. The Morgan fingerprint density at radius 3 is 2.80 bits per heavy atom. The summed E-state index contributed by atoms with van der Waals surface area (Å²) in [4.78, 5) is 0.266. The number of rotatable bonds is 5. The minimum absolute atomic E-state index is 0.110. The number of aliphatic hydroxyl groups excluding tert-OH is 1. The van der Waals surface area contributed by atoms with Crippen LogP contribution in [0.15, 0.2) is 18.2 Å². The highest BCUT2D eigenvalue weighted by atomic mass is 35.5. The third kappa shape index (κ3) is 3.66. The summed E-state index contributed by atoms with van der Waals surface area (Å²) in [5, 5.41) is 9.05. The van der Waals surface area contributed by atoms with Gasteiger partial charge in [0, 0.05) is 18.6 Å². The normalized spacial score (nSPS) is 10.0. The first-order chi connectivity index (χ1) is 7.15. The summed E-state index contributed by atoms with van der Waals surface area (Å²) in [5.74, 6) is 0.647. The quantitative estimate of drug-likeness (QED) is 0.613. The van der Waals surface area contributed by atoms with Gasteiger partial charge < -0.3 is 15.6 Å². The van der Waals surface area contributed by atoms with Crippen LogP contribution >= 0.6 is 23.8 Å². The summed E-state index contributed by atoms with van der Waals surface area (Å²) in [6.07, 6.45) is 0.592. The van der Waals surface area contributed by atoms with Crippen molar-refractivity contribution in [3.63, 3.8) is 0 Å². The van der Waals surface area contributed by atoms with Crippen LogP contribution in [-0.4, -0.2) is 23.3 Å². The van der Waals surface area contributed by atoms with Crippen LogP contribution in [0.1, 0.15) is 12.0 Å². The van der Waals surface area contributed by atoms with Gasteiger partial charge in [0.25, 0.3) is 0 Å². The van der Waals surface area contributed by atoms with Gasteiger partial charge in [-0.05, 0) is 18.2 Å². The number of thiocarbonyl (C=S) groups is 1. The van der Waals surface area contributed by atoms with Crippen molar-refractivity contribution in [1.29, 1.82) is 0 Å². The van der Waals surface area contributed by atoms with Crippen LogP contribution in [-0.2, 0) is 0 Å². The smallest absolute Gasteiger partial charge is 0.120 e. The third-order valence-corrected chi connectivity index (χ3v) is 2.31. The molecule has 3 N–H and O–H groups in total. The van der Waals surface area contributed by atoms with Crippen LogP contribution in [0.2, 0.25) is 5.02 Å². The van der Waals surface area contributed by atoms with E-state index in [4.69, 9.17) is 39.4 Å². The minimum Gasteiger partial charge on any atom is -0.493 e. The summed E-state index contributed by atoms with van der Waals surface area (Å²) < 4.78 is 5.33. The van der Waals surface area contributed by atoms with E-state index >= 15 is 0 Å². The van der Waals surface area contributed by atoms with Gasteiger partial charge in [0.05, 0.1) is 11.6 Å². The summed E-state index contributed by atoms with van der Waals surface area (Å²) in [5.41, 5.74) is 6.10. The van der Waals surface area contributed by atoms with Gasteiger partial charge in [0.15, 0.2) is 0 Å². The van der Waals surface area contributed by atoms with Gasteiger partial charge in [-0.3, -0.25) is 0 Å². The van der Waals surface area contributed by atoms with Crippen LogP contribution in [0.3, 0.4) is 0 Å². The maximum absolute atomic E-state index is 8.58. The van der Waals surface area contributed by atoms with E-state index in [0.717, 1.165) is 0 Å². The Morgan fingerprint density at radius 2 is 2.27 bits per heavy atom. The molecule has 0 unspecified atom stereocenters. The van der Waals surface area contributed by atoms with E-state index in [-0.39, 0.29) is 11.6 Å². The monoisotopic (exact) mass is 245 g/mol. The molecule has 82 valence electrons. The molecule has 15 heavy (non-hydrogen) atoms. The van der Waals surface area contributed by atoms with E-state index in [1.54, 1.807) is 18.2 Å². The van der Waals surface area contributed by atoms with Gasteiger partial charge in [-0.15, -0.1) is 0 Å². The standard InChI is InChI=1S/C10H12ClNO2S/c11-9-6-7(14-5-1-4-13)2-3-8(9)10(12)15/h2-3,6,13H,1,4-5H2,(H2,12,15). The van der Waals surface area contributed by atoms with Gasteiger partial charge in [-0.25, -0.2) is 0 Å². The number of aliphatic hydroxyl groups is 1. The molecular formula is C10H12ClNO2S. The number of halogens is 1. The van der Waals surface area contributed by atoms with Crippen LogP contribution in [0, 0.1) is 0 Å². The van der Waals surface area contributed by atoms with E-state index in [1.807, 2.05) is 0 Å². The molecule has 0 fully saturated rings. The third-order valence-electron chi connectivity index (χ3n) is 1.78. The maximum atomic E-state index is 8.58. The van der Waals surface area contributed by atoms with Gasteiger partial charge in [-0.1, -0.05) is 23.8 Å². The fourth-order valence-electron chi connectivity index (χ4n) is 1.04. The molecule has 1 aromatic rings. The fraction of sp³-hybridized carbons (Fsp3) is 0.300. The molecule has 0 aliphatic heterocycles. The molecule has 0 heterocycles. The first kappa shape index (κ1) is 12.2. The molecule has 0 spiro atoms. The van der Waals surface area contributed by atoms with Crippen molar-refractivity contribution in [3.8, 4) is 5.75 Å². The molecular weight excluding hydrogens is 234 g/mol. The highest BCUT2D eigenvalue weighted by Crippen LogP contribution is 2.22. The summed E-state index contributed by atoms with van der Waals surface area (Å²) >= 11 is 10.8. The second-order valence-corrected chi connectivity index (χ2v) is 3.78. The molecule has 1 aromatic carbocycles. The van der Waals surface area contributed by atoms with E-state index < -0.39 is 0 Å². The second-order valence-electron chi connectivity index (χ2n) is 2.93. The summed E-state index contributed by atoms with van der Waals surface area (Å²) in [6.45, 7) is 0.567. The molecule has 5 heteroatoms. The van der Waals surface area contributed by atoms with Crippen LogP contribution in [0.4, 0.5) is 0 Å². The number of benzene rings is 1. The SMILES string of the molecule is NC(=S)c1ccc(OCCCO)cc1Cl. The van der Waals surface area contributed by atoms with E-state index in [1.165, 1.54) is 0 Å². The second kappa shape index (κ2) is 5.90. The molecule has 3 nitrogen and oxygen atoms in total. The van der Waals surface area contributed by atoms with Crippen molar-refractivity contribution in [1.82, 2.24) is 0 Å². The Kier molecular flexibility index (Phi) is 4.81. The molecule has 0 saturated carbocycles. The van der Waals surface area contributed by atoms with E-state index in [0.29, 0.717) is 29.4 Å². The zero-order valence-electron chi connectivity index (χ0n) is 8.07. The van der Waals surface area contributed by atoms with Crippen molar-refractivity contribution >= 4 is 28.8 Å². The Morgan fingerprint density at radius 1 is 1.53 bits per heavy atom. The lowest BCUT2D eigenvalue weighted by atomic mass is 10.2. The molecule has 0 bridgehead atoms. The van der Waals surface area contributed by atoms with Gasteiger partial charge in [0.2, 0.25) is 0 Å². The van der Waals surface area contributed by atoms with Crippen LogP contribution in [0.5, 0.6) is 5.75 Å². The average Bonchev–Trinajstić information content (AvgIpc) is 2.17. The Bertz CT molecular complexity index is 357. The zero-order chi connectivity index (χ0) is 11.3. The Balaban J connectivity index is 2.69. The molecule has 0 aliphatic rings. The van der Waals surface area contributed by atoms with Gasteiger partial charge >= 0.3 is 0 Å². The van der Waals surface area contributed by atoms with Crippen molar-refractivity contribution in [2.75, 3.05) is 13.2 Å². The molecule has 0 amide bonds. The molecule has 1 rings (SSSR count). The summed E-state index contributed by atoms with van der Waals surface area (Å²) in [7, 11) is 0. The lowest BCUT2D eigenvalue weighted by molar-refractivity contribution is 0.233. The summed E-state index contributed by atoms with van der Waals surface area (Å²) in [6, 6.07) is 5.13. The number of nitrogens with two attached hydrogens (primary N) is 1. The van der Waals surface area contributed by atoms with Crippen LogP contribution in [0.25, 0.3) is 0 Å². The molecule has 0 aliphatic carbocycles. The topological polar surface area (TPSA) is 55.5 Å². The van der Waals surface area contributed by atoms with Crippen molar-refractivity contribution in [2.24, 2.45) is 5.73 Å². The molecule has 0 saturated heterocycles. The lowest BCUT2D eigenvalue weighted by Crippen LogP contribution is -2.10. The molecule has 0 radical (unpaired) electrons. The average molecular weight is 246 g/mol. The van der Waals surface area contributed by atoms with Crippen molar-refractivity contribution < 1.29 is 9.84 Å². The lowest BCUT2D eigenvalue weighted by Gasteiger charge is -2.07.